The van der Waals surface area contributed by atoms with E-state index in [1.54, 1.807) is 19.1 Å². The van der Waals surface area contributed by atoms with Gasteiger partial charge in [-0.25, -0.2) is 4.79 Å². The van der Waals surface area contributed by atoms with Gasteiger partial charge in [-0.1, -0.05) is 60.7 Å². The summed E-state index contributed by atoms with van der Waals surface area (Å²) in [5.41, 5.74) is 2.18. The predicted octanol–water partition coefficient (Wildman–Crippen LogP) is 3.49. The number of ether oxygens (including phenoxy) is 3. The molecule has 2 aromatic carbocycles. The van der Waals surface area contributed by atoms with E-state index in [4.69, 9.17) is 14.2 Å². The van der Waals surface area contributed by atoms with Gasteiger partial charge < -0.3 is 19.1 Å². The lowest BCUT2D eigenvalue weighted by atomic mass is 10.00. The lowest BCUT2D eigenvalue weighted by molar-refractivity contribution is -0.144. The van der Waals surface area contributed by atoms with E-state index in [9.17, 15) is 9.59 Å². The Balaban J connectivity index is 1.08. The zero-order chi connectivity index (χ0) is 27.7. The zero-order valence-corrected chi connectivity index (χ0v) is 22.7. The van der Waals surface area contributed by atoms with E-state index in [-0.39, 0.29) is 25.4 Å². The fraction of sp³-hybridized carbons (Fsp3) is 0.400. The summed E-state index contributed by atoms with van der Waals surface area (Å²) in [5, 5.41) is 8.36. The standard InChI is InChI=1S/C30H35N5O5/c1-2-38-28(36)22-34-30(37)35-26(31-34)14-15-27(32-35)39-21-9-18-33-19-16-25(17-20-33)40-29(23-10-5-3-6-11-23)24-12-7-4-8-13-24/h3-8,10-15,25,29H,2,9,16-22H2,1H3. The van der Waals surface area contributed by atoms with Crippen LogP contribution in [-0.4, -0.2) is 69.2 Å². The average Bonchev–Trinajstić information content (AvgIpc) is 3.29. The summed E-state index contributed by atoms with van der Waals surface area (Å²) >= 11 is 0. The summed E-state index contributed by atoms with van der Waals surface area (Å²) in [4.78, 5) is 26.7. The topological polar surface area (TPSA) is 100 Å². The van der Waals surface area contributed by atoms with Crippen LogP contribution in [0, 0.1) is 0 Å². The van der Waals surface area contributed by atoms with E-state index in [0.717, 1.165) is 48.1 Å². The fourth-order valence-corrected chi connectivity index (χ4v) is 4.93. The van der Waals surface area contributed by atoms with Gasteiger partial charge in [0.1, 0.15) is 12.6 Å². The molecule has 1 saturated heterocycles. The Morgan fingerprint density at radius 1 is 0.950 bits per heavy atom. The molecule has 210 valence electrons. The van der Waals surface area contributed by atoms with Crippen LogP contribution >= 0.6 is 0 Å². The average molecular weight is 546 g/mol. The van der Waals surface area contributed by atoms with Crippen LogP contribution in [0.25, 0.3) is 5.65 Å². The molecule has 0 radical (unpaired) electrons. The Morgan fingerprint density at radius 3 is 2.27 bits per heavy atom. The molecule has 1 aliphatic heterocycles. The minimum atomic E-state index is -0.521. The first kappa shape index (κ1) is 27.5. The number of rotatable bonds is 12. The summed E-state index contributed by atoms with van der Waals surface area (Å²) in [6, 6.07) is 24.1. The van der Waals surface area contributed by atoms with Crippen LogP contribution in [0.4, 0.5) is 0 Å². The number of carbonyl (C=O) groups is 1. The molecule has 0 aliphatic carbocycles. The van der Waals surface area contributed by atoms with Crippen LogP contribution in [-0.2, 0) is 20.8 Å². The fourth-order valence-electron chi connectivity index (χ4n) is 4.93. The van der Waals surface area contributed by atoms with Crippen molar-refractivity contribution in [3.8, 4) is 5.88 Å². The van der Waals surface area contributed by atoms with Gasteiger partial charge >= 0.3 is 11.7 Å². The van der Waals surface area contributed by atoms with E-state index in [1.807, 2.05) is 12.1 Å². The van der Waals surface area contributed by atoms with Gasteiger partial charge in [0.05, 0.1) is 19.3 Å². The summed E-state index contributed by atoms with van der Waals surface area (Å²) in [7, 11) is 0. The van der Waals surface area contributed by atoms with E-state index >= 15 is 0 Å². The Hall–Kier alpha value is -4.02. The van der Waals surface area contributed by atoms with Gasteiger partial charge in [0.25, 0.3) is 0 Å². The number of esters is 1. The Labute approximate surface area is 233 Å². The number of hydrogen-bond acceptors (Lipinski definition) is 8. The molecule has 0 bridgehead atoms. The van der Waals surface area contributed by atoms with Crippen molar-refractivity contribution >= 4 is 11.6 Å². The third-order valence-corrected chi connectivity index (χ3v) is 6.94. The molecule has 4 aromatic rings. The van der Waals surface area contributed by atoms with Crippen LogP contribution in [0.15, 0.2) is 77.6 Å². The molecule has 3 heterocycles. The van der Waals surface area contributed by atoms with E-state index in [0.29, 0.717) is 18.1 Å². The summed E-state index contributed by atoms with van der Waals surface area (Å²) in [6.07, 6.45) is 2.93. The molecule has 0 unspecified atom stereocenters. The van der Waals surface area contributed by atoms with Crippen molar-refractivity contribution < 1.29 is 19.0 Å². The number of benzene rings is 2. The number of carbonyl (C=O) groups excluding carboxylic acids is 1. The van der Waals surface area contributed by atoms with Gasteiger partial charge in [-0.15, -0.1) is 10.2 Å². The van der Waals surface area contributed by atoms with Gasteiger partial charge in [-0.2, -0.15) is 9.20 Å². The van der Waals surface area contributed by atoms with Crippen LogP contribution in [0.2, 0.25) is 0 Å². The van der Waals surface area contributed by atoms with Gasteiger partial charge in [0.15, 0.2) is 5.65 Å². The van der Waals surface area contributed by atoms with Crippen molar-refractivity contribution in [1.29, 1.82) is 0 Å². The number of nitrogens with zero attached hydrogens (tertiary/aromatic N) is 5. The van der Waals surface area contributed by atoms with Gasteiger partial charge in [0, 0.05) is 25.7 Å². The van der Waals surface area contributed by atoms with E-state index in [2.05, 4.69) is 63.6 Å². The first-order valence-corrected chi connectivity index (χ1v) is 13.8. The monoisotopic (exact) mass is 545 g/mol. The third kappa shape index (κ3) is 6.94. The number of fused-ring (bicyclic) bond motifs is 1. The molecule has 2 aromatic heterocycles. The van der Waals surface area contributed by atoms with Gasteiger partial charge in [-0.3, -0.25) is 4.79 Å². The maximum Gasteiger partial charge on any atom is 0.367 e. The molecule has 40 heavy (non-hydrogen) atoms. The minimum absolute atomic E-state index is 0.0676. The highest BCUT2D eigenvalue weighted by Gasteiger charge is 2.24. The molecule has 0 saturated carbocycles. The summed E-state index contributed by atoms with van der Waals surface area (Å²) < 4.78 is 19.5. The van der Waals surface area contributed by atoms with Gasteiger partial charge in [-0.05, 0) is 43.4 Å². The zero-order valence-electron chi connectivity index (χ0n) is 22.7. The van der Waals surface area contributed by atoms with Crippen LogP contribution < -0.4 is 10.4 Å². The number of piperidine rings is 1. The van der Waals surface area contributed by atoms with Crippen LogP contribution in [0.5, 0.6) is 5.88 Å². The molecule has 1 fully saturated rings. The first-order chi connectivity index (χ1) is 19.6. The molecule has 10 nitrogen and oxygen atoms in total. The second kappa shape index (κ2) is 13.4. The molecule has 10 heteroatoms. The molecular weight excluding hydrogens is 510 g/mol. The number of aromatic nitrogens is 4. The highest BCUT2D eigenvalue weighted by atomic mass is 16.5. The largest absolute Gasteiger partial charge is 0.477 e. The van der Waals surface area contributed by atoms with Crippen molar-refractivity contribution in [3.63, 3.8) is 0 Å². The molecule has 0 atom stereocenters. The smallest absolute Gasteiger partial charge is 0.367 e. The highest BCUT2D eigenvalue weighted by Crippen LogP contribution is 2.30. The lowest BCUT2D eigenvalue weighted by Crippen LogP contribution is -2.38. The minimum Gasteiger partial charge on any atom is -0.477 e. The molecule has 0 N–H and O–H groups in total. The maximum absolute atomic E-state index is 12.5. The molecule has 5 rings (SSSR count). The molecule has 0 amide bonds. The normalized spacial score (nSPS) is 14.6. The van der Waals surface area contributed by atoms with Crippen LogP contribution in [0.1, 0.15) is 43.4 Å². The maximum atomic E-state index is 12.5. The van der Waals surface area contributed by atoms with Crippen molar-refractivity contribution in [1.82, 2.24) is 24.3 Å². The number of likely N-dealkylation sites (tertiary alicyclic amines) is 1. The highest BCUT2D eigenvalue weighted by molar-refractivity contribution is 5.69. The number of hydrogen-bond donors (Lipinski definition) is 0. The Kier molecular flexibility index (Phi) is 9.20. The third-order valence-electron chi connectivity index (χ3n) is 6.94. The predicted molar refractivity (Wildman–Crippen MR) is 149 cm³/mol. The van der Waals surface area contributed by atoms with Crippen molar-refractivity contribution in [2.75, 3.05) is 32.8 Å². The molecule has 0 spiro atoms. The quantitative estimate of drug-likeness (QED) is 0.197. The summed E-state index contributed by atoms with van der Waals surface area (Å²) in [5.74, 6) is -0.183. The van der Waals surface area contributed by atoms with Crippen molar-refractivity contribution in [2.24, 2.45) is 0 Å². The summed E-state index contributed by atoms with van der Waals surface area (Å²) in [6.45, 7) is 5.03. The first-order valence-electron chi connectivity index (χ1n) is 13.8. The van der Waals surface area contributed by atoms with Crippen LogP contribution in [0.3, 0.4) is 0 Å². The van der Waals surface area contributed by atoms with Gasteiger partial charge in [0.2, 0.25) is 5.88 Å². The van der Waals surface area contributed by atoms with E-state index < -0.39 is 11.7 Å². The van der Waals surface area contributed by atoms with Crippen molar-refractivity contribution in [3.05, 3.63) is 94.4 Å². The second-order valence-corrected chi connectivity index (χ2v) is 9.77. The lowest BCUT2D eigenvalue weighted by Gasteiger charge is -2.34. The van der Waals surface area contributed by atoms with E-state index in [1.165, 1.54) is 11.1 Å². The Morgan fingerprint density at radius 2 is 1.62 bits per heavy atom. The molecular formula is C30H35N5O5. The Bertz CT molecular complexity index is 1390. The van der Waals surface area contributed by atoms with Crippen molar-refractivity contribution in [2.45, 2.75) is 44.9 Å². The second-order valence-electron chi connectivity index (χ2n) is 9.77. The molecule has 1 aliphatic rings. The SMILES string of the molecule is CCOC(=O)Cn1nc2ccc(OCCCN3CCC(OC(c4ccccc4)c4ccccc4)CC3)nn2c1=O.